The molecule has 0 atom stereocenters. The van der Waals surface area contributed by atoms with E-state index in [1.54, 1.807) is 0 Å². The van der Waals surface area contributed by atoms with Gasteiger partial charge in [-0.15, -0.1) is 12.4 Å². The van der Waals surface area contributed by atoms with Crippen LogP contribution in [0.1, 0.15) is 35.2 Å². The van der Waals surface area contributed by atoms with E-state index in [0.29, 0.717) is 5.41 Å². The summed E-state index contributed by atoms with van der Waals surface area (Å²) < 4.78 is 1.03. The first-order chi connectivity index (χ1) is 9.60. The molecule has 0 bridgehead atoms. The molecule has 5 heteroatoms. The minimum atomic E-state index is 0. The van der Waals surface area contributed by atoms with Crippen LogP contribution < -0.4 is 5.32 Å². The fraction of sp³-hybridized carbons (Fsp3) is 0.562. The molecule has 21 heavy (non-hydrogen) atoms. The van der Waals surface area contributed by atoms with Gasteiger partial charge in [0.2, 0.25) is 0 Å². The number of rotatable bonds is 1. The molecule has 0 radical (unpaired) electrons. The Morgan fingerprint density at radius 2 is 2.00 bits per heavy atom. The molecule has 0 aromatic heterocycles. The minimum Gasteiger partial charge on any atom is -0.339 e. The van der Waals surface area contributed by atoms with Gasteiger partial charge in [-0.25, -0.2) is 0 Å². The Labute approximate surface area is 141 Å². The normalized spacial score (nSPS) is 20.4. The van der Waals surface area contributed by atoms with E-state index >= 15 is 0 Å². The molecule has 3 rings (SSSR count). The van der Waals surface area contributed by atoms with Crippen LogP contribution in [0, 0.1) is 12.3 Å². The molecule has 3 nitrogen and oxygen atoms in total. The zero-order valence-corrected chi connectivity index (χ0v) is 14.7. The summed E-state index contributed by atoms with van der Waals surface area (Å²) in [6, 6.07) is 5.90. The molecule has 1 amide bonds. The fourth-order valence-electron chi connectivity index (χ4n) is 3.44. The maximum absolute atomic E-state index is 12.6. The average Bonchev–Trinajstić information content (AvgIpc) is 2.87. The van der Waals surface area contributed by atoms with E-state index in [4.69, 9.17) is 0 Å². The van der Waals surface area contributed by atoms with Crippen molar-refractivity contribution in [3.63, 3.8) is 0 Å². The number of nitrogens with zero attached hydrogens (tertiary/aromatic N) is 1. The van der Waals surface area contributed by atoms with E-state index in [2.05, 4.69) is 21.2 Å². The molecule has 2 aliphatic rings. The van der Waals surface area contributed by atoms with Gasteiger partial charge in [0.05, 0.1) is 0 Å². The van der Waals surface area contributed by atoms with Gasteiger partial charge in [-0.2, -0.15) is 0 Å². The smallest absolute Gasteiger partial charge is 0.254 e. The lowest BCUT2D eigenvalue weighted by Gasteiger charge is -2.39. The molecule has 2 fully saturated rings. The number of benzene rings is 1. The summed E-state index contributed by atoms with van der Waals surface area (Å²) in [6.45, 7) is 6.07. The first-order valence-electron chi connectivity index (χ1n) is 7.36. The van der Waals surface area contributed by atoms with Gasteiger partial charge in [-0.05, 0) is 61.9 Å². The Morgan fingerprint density at radius 3 is 2.57 bits per heavy atom. The number of piperidine rings is 1. The van der Waals surface area contributed by atoms with E-state index < -0.39 is 0 Å². The summed E-state index contributed by atoms with van der Waals surface area (Å²) in [7, 11) is 0. The SMILES string of the molecule is Cc1cc(Br)ccc1C(=O)N1CCC2(CCNC2)CC1.Cl. The number of amides is 1. The summed E-state index contributed by atoms with van der Waals surface area (Å²) in [6.07, 6.45) is 3.55. The van der Waals surface area contributed by atoms with Crippen molar-refractivity contribution in [3.05, 3.63) is 33.8 Å². The molecule has 2 aliphatic heterocycles. The maximum Gasteiger partial charge on any atom is 0.254 e. The van der Waals surface area contributed by atoms with E-state index in [9.17, 15) is 4.79 Å². The second kappa shape index (κ2) is 6.67. The van der Waals surface area contributed by atoms with Gasteiger partial charge in [-0.1, -0.05) is 15.9 Å². The quantitative estimate of drug-likeness (QED) is 0.818. The first kappa shape index (κ1) is 16.8. The first-order valence-corrected chi connectivity index (χ1v) is 8.15. The summed E-state index contributed by atoms with van der Waals surface area (Å²) in [5.41, 5.74) is 2.35. The summed E-state index contributed by atoms with van der Waals surface area (Å²) in [4.78, 5) is 14.7. The van der Waals surface area contributed by atoms with Crippen LogP contribution in [0.3, 0.4) is 0 Å². The van der Waals surface area contributed by atoms with Crippen LogP contribution in [-0.4, -0.2) is 37.0 Å². The number of carbonyl (C=O) groups is 1. The fourth-order valence-corrected chi connectivity index (χ4v) is 3.92. The highest BCUT2D eigenvalue weighted by Gasteiger charge is 2.38. The van der Waals surface area contributed by atoms with Crippen molar-refractivity contribution in [2.24, 2.45) is 5.41 Å². The average molecular weight is 374 g/mol. The topological polar surface area (TPSA) is 32.3 Å². The molecule has 2 saturated heterocycles. The highest BCUT2D eigenvalue weighted by molar-refractivity contribution is 9.10. The lowest BCUT2D eigenvalue weighted by molar-refractivity contribution is 0.0607. The molecule has 1 spiro atoms. The molecule has 0 unspecified atom stereocenters. The Hall–Kier alpha value is -0.580. The Morgan fingerprint density at radius 1 is 1.29 bits per heavy atom. The van der Waals surface area contributed by atoms with Crippen LogP contribution >= 0.6 is 28.3 Å². The van der Waals surface area contributed by atoms with Crippen molar-refractivity contribution in [2.45, 2.75) is 26.2 Å². The van der Waals surface area contributed by atoms with Crippen LogP contribution in [0.4, 0.5) is 0 Å². The summed E-state index contributed by atoms with van der Waals surface area (Å²) in [5.74, 6) is 0.191. The molecule has 1 aromatic rings. The Kier molecular flexibility index (Phi) is 5.33. The lowest BCUT2D eigenvalue weighted by atomic mass is 9.77. The zero-order chi connectivity index (χ0) is 14.2. The van der Waals surface area contributed by atoms with Gasteiger partial charge in [0, 0.05) is 29.7 Å². The minimum absolute atomic E-state index is 0. The monoisotopic (exact) mass is 372 g/mol. The van der Waals surface area contributed by atoms with Gasteiger partial charge in [0.15, 0.2) is 0 Å². The lowest BCUT2D eigenvalue weighted by Crippen LogP contribution is -2.44. The van der Waals surface area contributed by atoms with Crippen molar-refractivity contribution in [2.75, 3.05) is 26.2 Å². The zero-order valence-electron chi connectivity index (χ0n) is 12.3. The molecule has 0 saturated carbocycles. The van der Waals surface area contributed by atoms with Crippen molar-refractivity contribution in [1.82, 2.24) is 10.2 Å². The molecule has 1 N–H and O–H groups in total. The van der Waals surface area contributed by atoms with Crippen LogP contribution in [-0.2, 0) is 0 Å². The third-order valence-corrected chi connectivity index (χ3v) is 5.36. The highest BCUT2D eigenvalue weighted by Crippen LogP contribution is 2.37. The van der Waals surface area contributed by atoms with Crippen molar-refractivity contribution in [3.8, 4) is 0 Å². The third-order valence-electron chi connectivity index (χ3n) is 4.86. The van der Waals surface area contributed by atoms with Crippen molar-refractivity contribution in [1.29, 1.82) is 0 Å². The standard InChI is InChI=1S/C16H21BrN2O.ClH/c1-12-10-13(17)2-3-14(12)15(20)19-8-5-16(6-9-19)4-7-18-11-16;/h2-3,10,18H,4-9,11H2,1H3;1H. The van der Waals surface area contributed by atoms with E-state index in [1.165, 1.54) is 6.42 Å². The van der Waals surface area contributed by atoms with Gasteiger partial charge in [-0.3, -0.25) is 4.79 Å². The van der Waals surface area contributed by atoms with Crippen LogP contribution in [0.25, 0.3) is 0 Å². The van der Waals surface area contributed by atoms with Gasteiger partial charge in [0.25, 0.3) is 5.91 Å². The number of halogens is 2. The van der Waals surface area contributed by atoms with Crippen LogP contribution in [0.2, 0.25) is 0 Å². The number of hydrogen-bond donors (Lipinski definition) is 1. The van der Waals surface area contributed by atoms with Crippen LogP contribution in [0.5, 0.6) is 0 Å². The number of aryl methyl sites for hydroxylation is 1. The number of hydrogen-bond acceptors (Lipinski definition) is 2. The van der Waals surface area contributed by atoms with E-state index in [0.717, 1.165) is 54.6 Å². The van der Waals surface area contributed by atoms with E-state index in [-0.39, 0.29) is 18.3 Å². The molecule has 116 valence electrons. The predicted octanol–water partition coefficient (Wildman–Crippen LogP) is 3.40. The summed E-state index contributed by atoms with van der Waals surface area (Å²) >= 11 is 3.45. The van der Waals surface area contributed by atoms with Crippen LogP contribution in [0.15, 0.2) is 22.7 Å². The Bertz CT molecular complexity index is 519. The predicted molar refractivity (Wildman–Crippen MR) is 91.2 cm³/mol. The van der Waals surface area contributed by atoms with Gasteiger partial charge >= 0.3 is 0 Å². The third kappa shape index (κ3) is 3.43. The van der Waals surface area contributed by atoms with Crippen molar-refractivity contribution < 1.29 is 4.79 Å². The molecule has 0 aliphatic carbocycles. The second-order valence-corrected chi connectivity index (χ2v) is 7.09. The second-order valence-electron chi connectivity index (χ2n) is 6.18. The molecule has 1 aromatic carbocycles. The number of carbonyl (C=O) groups excluding carboxylic acids is 1. The number of likely N-dealkylation sites (tertiary alicyclic amines) is 1. The van der Waals surface area contributed by atoms with Crippen molar-refractivity contribution >= 4 is 34.2 Å². The summed E-state index contributed by atoms with van der Waals surface area (Å²) in [5, 5.41) is 3.47. The maximum atomic E-state index is 12.6. The Balaban J connectivity index is 0.00000161. The van der Waals surface area contributed by atoms with Gasteiger partial charge in [0.1, 0.15) is 0 Å². The largest absolute Gasteiger partial charge is 0.339 e. The van der Waals surface area contributed by atoms with Gasteiger partial charge < -0.3 is 10.2 Å². The molecular formula is C16H22BrClN2O. The molecule has 2 heterocycles. The highest BCUT2D eigenvalue weighted by atomic mass is 79.9. The number of nitrogens with one attached hydrogen (secondary N) is 1. The molecular weight excluding hydrogens is 352 g/mol. The van der Waals surface area contributed by atoms with E-state index in [1.807, 2.05) is 30.0 Å².